The summed E-state index contributed by atoms with van der Waals surface area (Å²) in [5.74, 6) is 0. The SMILES string of the molecule is CNc1nc2c(C)ccc(Cl)c2o1. The average molecular weight is 197 g/mol. The van der Waals surface area contributed by atoms with Crippen LogP contribution in [-0.2, 0) is 0 Å². The Morgan fingerprint density at radius 2 is 2.23 bits per heavy atom. The van der Waals surface area contributed by atoms with Crippen LogP contribution in [0.5, 0.6) is 0 Å². The molecule has 0 unspecified atom stereocenters. The maximum Gasteiger partial charge on any atom is 0.295 e. The maximum atomic E-state index is 5.94. The Balaban J connectivity index is 2.80. The molecular weight excluding hydrogens is 188 g/mol. The number of hydrogen-bond donors (Lipinski definition) is 1. The quantitative estimate of drug-likeness (QED) is 0.762. The highest BCUT2D eigenvalue weighted by atomic mass is 35.5. The van der Waals surface area contributed by atoms with Crippen LogP contribution in [-0.4, -0.2) is 12.0 Å². The van der Waals surface area contributed by atoms with E-state index in [0.29, 0.717) is 16.6 Å². The molecule has 1 aromatic carbocycles. The average Bonchev–Trinajstić information content (AvgIpc) is 2.56. The van der Waals surface area contributed by atoms with Gasteiger partial charge in [-0.2, -0.15) is 4.98 Å². The number of nitrogens with zero attached hydrogens (tertiary/aromatic N) is 1. The van der Waals surface area contributed by atoms with Gasteiger partial charge in [0.05, 0.1) is 5.02 Å². The molecule has 3 nitrogen and oxygen atoms in total. The molecule has 2 aromatic rings. The molecule has 0 fully saturated rings. The van der Waals surface area contributed by atoms with Crippen LogP contribution < -0.4 is 5.32 Å². The summed E-state index contributed by atoms with van der Waals surface area (Å²) in [5, 5.41) is 3.43. The molecule has 0 bridgehead atoms. The number of hydrogen-bond acceptors (Lipinski definition) is 3. The smallest absolute Gasteiger partial charge is 0.295 e. The molecular formula is C9H9ClN2O. The molecule has 0 radical (unpaired) electrons. The minimum Gasteiger partial charge on any atom is -0.422 e. The van der Waals surface area contributed by atoms with E-state index in [9.17, 15) is 0 Å². The summed E-state index contributed by atoms with van der Waals surface area (Å²) in [4.78, 5) is 4.23. The number of benzene rings is 1. The normalized spacial score (nSPS) is 10.7. The number of fused-ring (bicyclic) bond motifs is 1. The van der Waals surface area contributed by atoms with Crippen LogP contribution in [0.4, 0.5) is 6.01 Å². The molecule has 1 heterocycles. The molecule has 0 amide bonds. The van der Waals surface area contributed by atoms with Gasteiger partial charge in [0.15, 0.2) is 5.58 Å². The Bertz CT molecular complexity index is 411. The van der Waals surface area contributed by atoms with Gasteiger partial charge in [0.2, 0.25) is 0 Å². The van der Waals surface area contributed by atoms with Crippen LogP contribution in [0.2, 0.25) is 5.02 Å². The molecule has 0 aliphatic carbocycles. The summed E-state index contributed by atoms with van der Waals surface area (Å²) in [5.41, 5.74) is 2.52. The molecule has 1 N–H and O–H groups in total. The van der Waals surface area contributed by atoms with Gasteiger partial charge in [-0.25, -0.2) is 0 Å². The number of anilines is 1. The first kappa shape index (κ1) is 8.38. The van der Waals surface area contributed by atoms with Crippen LogP contribution in [0.15, 0.2) is 16.5 Å². The lowest BCUT2D eigenvalue weighted by Crippen LogP contribution is -1.85. The second-order valence-electron chi connectivity index (χ2n) is 2.81. The predicted molar refractivity (Wildman–Crippen MR) is 53.3 cm³/mol. The fourth-order valence-electron chi connectivity index (χ4n) is 1.21. The Hall–Kier alpha value is -1.22. The number of aromatic nitrogens is 1. The van der Waals surface area contributed by atoms with Crippen LogP contribution in [0.3, 0.4) is 0 Å². The Morgan fingerprint density at radius 3 is 2.85 bits per heavy atom. The lowest BCUT2D eigenvalue weighted by Gasteiger charge is -1.93. The first-order valence-corrected chi connectivity index (χ1v) is 4.33. The molecule has 1 aromatic heterocycles. The number of aryl methyl sites for hydroxylation is 1. The third kappa shape index (κ3) is 1.25. The van der Waals surface area contributed by atoms with Crippen LogP contribution in [0.1, 0.15) is 5.56 Å². The van der Waals surface area contributed by atoms with Crippen LogP contribution >= 0.6 is 11.6 Å². The van der Waals surface area contributed by atoms with Crippen LogP contribution in [0.25, 0.3) is 11.1 Å². The number of oxazole rings is 1. The Kier molecular flexibility index (Phi) is 1.88. The van der Waals surface area contributed by atoms with Crippen molar-refractivity contribution in [2.24, 2.45) is 0 Å². The van der Waals surface area contributed by atoms with Gasteiger partial charge in [0, 0.05) is 7.05 Å². The molecule has 13 heavy (non-hydrogen) atoms. The van der Waals surface area contributed by atoms with Crippen molar-refractivity contribution >= 4 is 28.7 Å². The molecule has 0 spiro atoms. The van der Waals surface area contributed by atoms with Crippen molar-refractivity contribution in [1.82, 2.24) is 4.98 Å². The highest BCUT2D eigenvalue weighted by Crippen LogP contribution is 2.28. The first-order valence-electron chi connectivity index (χ1n) is 3.96. The monoisotopic (exact) mass is 196 g/mol. The van der Waals surface area contributed by atoms with Gasteiger partial charge < -0.3 is 9.73 Å². The molecule has 0 saturated carbocycles. The number of nitrogens with one attached hydrogen (secondary N) is 1. The highest BCUT2D eigenvalue weighted by molar-refractivity contribution is 6.34. The van der Waals surface area contributed by atoms with Gasteiger partial charge in [-0.1, -0.05) is 17.7 Å². The van der Waals surface area contributed by atoms with Gasteiger partial charge in [0.25, 0.3) is 6.01 Å². The van der Waals surface area contributed by atoms with Gasteiger partial charge in [0.1, 0.15) is 5.52 Å². The van der Waals surface area contributed by atoms with E-state index >= 15 is 0 Å². The second-order valence-corrected chi connectivity index (χ2v) is 3.22. The van der Waals surface area contributed by atoms with E-state index in [4.69, 9.17) is 16.0 Å². The highest BCUT2D eigenvalue weighted by Gasteiger charge is 2.09. The minimum atomic E-state index is 0.492. The predicted octanol–water partition coefficient (Wildman–Crippen LogP) is 2.83. The molecule has 4 heteroatoms. The second kappa shape index (κ2) is 2.92. The third-order valence-electron chi connectivity index (χ3n) is 1.91. The lowest BCUT2D eigenvalue weighted by molar-refractivity contribution is 0.620. The fourth-order valence-corrected chi connectivity index (χ4v) is 1.40. The summed E-state index contributed by atoms with van der Waals surface area (Å²) in [6.07, 6.45) is 0. The molecule has 0 atom stereocenters. The van der Waals surface area contributed by atoms with Gasteiger partial charge in [-0.05, 0) is 18.6 Å². The molecule has 0 aliphatic rings. The van der Waals surface area contributed by atoms with Crippen molar-refractivity contribution in [3.8, 4) is 0 Å². The molecule has 0 aliphatic heterocycles. The van der Waals surface area contributed by atoms with E-state index in [-0.39, 0.29) is 0 Å². The van der Waals surface area contributed by atoms with Crippen molar-refractivity contribution in [3.63, 3.8) is 0 Å². The fraction of sp³-hybridized carbons (Fsp3) is 0.222. The van der Waals surface area contributed by atoms with Gasteiger partial charge in [-0.15, -0.1) is 0 Å². The van der Waals surface area contributed by atoms with E-state index in [0.717, 1.165) is 11.1 Å². The minimum absolute atomic E-state index is 0.492. The largest absolute Gasteiger partial charge is 0.422 e. The van der Waals surface area contributed by atoms with E-state index in [1.54, 1.807) is 7.05 Å². The Labute approximate surface area is 80.7 Å². The zero-order valence-electron chi connectivity index (χ0n) is 7.39. The zero-order valence-corrected chi connectivity index (χ0v) is 8.14. The molecule has 68 valence electrons. The maximum absolute atomic E-state index is 5.94. The lowest BCUT2D eigenvalue weighted by atomic mass is 10.2. The van der Waals surface area contributed by atoms with Gasteiger partial charge in [-0.3, -0.25) is 0 Å². The Morgan fingerprint density at radius 1 is 1.46 bits per heavy atom. The first-order chi connectivity index (χ1) is 6.22. The van der Waals surface area contributed by atoms with Gasteiger partial charge >= 0.3 is 0 Å². The van der Waals surface area contributed by atoms with Crippen LogP contribution in [0, 0.1) is 6.92 Å². The van der Waals surface area contributed by atoms with Crippen molar-refractivity contribution in [1.29, 1.82) is 0 Å². The van der Waals surface area contributed by atoms with Crippen molar-refractivity contribution < 1.29 is 4.42 Å². The number of rotatable bonds is 1. The zero-order chi connectivity index (χ0) is 9.42. The van der Waals surface area contributed by atoms with E-state index in [2.05, 4.69) is 10.3 Å². The summed E-state index contributed by atoms with van der Waals surface area (Å²) >= 11 is 5.94. The van der Waals surface area contributed by atoms with Crippen molar-refractivity contribution in [2.75, 3.05) is 12.4 Å². The molecule has 0 saturated heterocycles. The summed E-state index contributed by atoms with van der Waals surface area (Å²) < 4.78 is 5.37. The van der Waals surface area contributed by atoms with E-state index in [1.165, 1.54) is 0 Å². The number of halogens is 1. The third-order valence-corrected chi connectivity index (χ3v) is 2.21. The summed E-state index contributed by atoms with van der Waals surface area (Å²) in [6, 6.07) is 4.22. The van der Waals surface area contributed by atoms with Crippen molar-refractivity contribution in [3.05, 3.63) is 22.7 Å². The van der Waals surface area contributed by atoms with Crippen molar-refractivity contribution in [2.45, 2.75) is 6.92 Å². The van der Waals surface area contributed by atoms with E-state index < -0.39 is 0 Å². The van der Waals surface area contributed by atoms with E-state index in [1.807, 2.05) is 19.1 Å². The topological polar surface area (TPSA) is 38.1 Å². The standard InChI is InChI=1S/C9H9ClN2O/c1-5-3-4-6(10)8-7(5)12-9(11-2)13-8/h3-4H,1-2H3,(H,11,12). The summed E-state index contributed by atoms with van der Waals surface area (Å²) in [6.45, 7) is 1.97. The summed E-state index contributed by atoms with van der Waals surface area (Å²) in [7, 11) is 1.76. The molecule has 2 rings (SSSR count).